The number of benzene rings is 5. The van der Waals surface area contributed by atoms with Crippen LogP contribution in [0.1, 0.15) is 21.5 Å². The molecule has 0 amide bonds. The summed E-state index contributed by atoms with van der Waals surface area (Å²) in [6.45, 7) is 3.84. The molecule has 2 atom stereocenters. The Morgan fingerprint density at radius 2 is 1.13 bits per heavy atom. The lowest BCUT2D eigenvalue weighted by molar-refractivity contribution is 0.0601. The molecular formula is C34H30N2O7S2. The molecular weight excluding hydrogens is 613 g/mol. The van der Waals surface area contributed by atoms with Crippen LogP contribution in [0.2, 0.25) is 0 Å². The van der Waals surface area contributed by atoms with Crippen LogP contribution >= 0.6 is 0 Å². The van der Waals surface area contributed by atoms with E-state index in [1.54, 1.807) is 60.7 Å². The highest BCUT2D eigenvalue weighted by atomic mass is 32.2. The van der Waals surface area contributed by atoms with Crippen LogP contribution in [-0.2, 0) is 27.3 Å². The summed E-state index contributed by atoms with van der Waals surface area (Å²) in [6, 6.07) is 33.2. The van der Waals surface area contributed by atoms with Crippen molar-refractivity contribution in [1.82, 2.24) is 0 Å². The summed E-state index contributed by atoms with van der Waals surface area (Å²) in [5, 5.41) is 0. The predicted molar refractivity (Wildman–Crippen MR) is 178 cm³/mol. The standard InChI is InChI=1S/C34H30N2O7S2/c1-23-9-13-26(14-10-23)35(44(38)39)32-19-17-28(21-30(32)25-7-5-4-6-8-25)43-29-18-20-33(31(22-29)34(37)42-3)36(45(40)41)27-15-11-24(2)12-16-27/h4-22H,1-3H3,(H,38,39)(H,40,41). The SMILES string of the molecule is COC(=O)c1cc(Oc2ccc(N(c3ccc(C)cc3)S(=O)O)c(-c3ccccc3)c2)ccc1N(c1ccc(C)cc1)S(=O)O. The third kappa shape index (κ3) is 7.13. The highest BCUT2D eigenvalue weighted by Crippen LogP contribution is 2.40. The van der Waals surface area contributed by atoms with Crippen molar-refractivity contribution in [2.45, 2.75) is 13.8 Å². The molecule has 2 N–H and O–H groups in total. The molecule has 45 heavy (non-hydrogen) atoms. The zero-order chi connectivity index (χ0) is 32.1. The molecule has 11 heteroatoms. The highest BCUT2D eigenvalue weighted by molar-refractivity contribution is 7.81. The molecule has 2 unspecified atom stereocenters. The molecule has 0 heterocycles. The van der Waals surface area contributed by atoms with E-state index >= 15 is 0 Å². The quantitative estimate of drug-likeness (QED) is 0.117. The van der Waals surface area contributed by atoms with Gasteiger partial charge in [-0.05, 0) is 80.1 Å². The molecule has 0 aliphatic carbocycles. The number of carbonyl (C=O) groups is 1. The molecule has 0 aliphatic rings. The average molecular weight is 643 g/mol. The summed E-state index contributed by atoms with van der Waals surface area (Å²) in [5.74, 6) is -0.0769. The first kappa shape index (κ1) is 31.6. The van der Waals surface area contributed by atoms with E-state index in [9.17, 15) is 22.3 Å². The fraction of sp³-hybridized carbons (Fsp3) is 0.0882. The molecule has 230 valence electrons. The summed E-state index contributed by atoms with van der Waals surface area (Å²) >= 11 is -4.89. The molecule has 0 radical (unpaired) electrons. The lowest BCUT2D eigenvalue weighted by Crippen LogP contribution is -2.22. The van der Waals surface area contributed by atoms with Crippen LogP contribution in [0.4, 0.5) is 22.7 Å². The summed E-state index contributed by atoms with van der Waals surface area (Å²) < 4.78 is 59.3. The van der Waals surface area contributed by atoms with E-state index in [1.165, 1.54) is 23.5 Å². The zero-order valence-corrected chi connectivity index (χ0v) is 26.2. The molecule has 0 aromatic heterocycles. The minimum absolute atomic E-state index is 0.0131. The number of ether oxygens (including phenoxy) is 2. The van der Waals surface area contributed by atoms with Gasteiger partial charge in [0.1, 0.15) is 11.5 Å². The Balaban J connectivity index is 1.57. The summed E-state index contributed by atoms with van der Waals surface area (Å²) in [6.07, 6.45) is 0. The van der Waals surface area contributed by atoms with Gasteiger partial charge in [-0.2, -0.15) is 0 Å². The first-order valence-corrected chi connectivity index (χ1v) is 15.8. The minimum Gasteiger partial charge on any atom is -0.465 e. The monoisotopic (exact) mass is 642 g/mol. The molecule has 0 spiro atoms. The van der Waals surface area contributed by atoms with E-state index in [2.05, 4.69) is 0 Å². The van der Waals surface area contributed by atoms with Gasteiger partial charge in [0.05, 0.1) is 35.4 Å². The van der Waals surface area contributed by atoms with Crippen LogP contribution in [0.25, 0.3) is 11.1 Å². The molecule has 5 aromatic rings. The van der Waals surface area contributed by atoms with E-state index in [0.29, 0.717) is 28.4 Å². The van der Waals surface area contributed by atoms with E-state index in [-0.39, 0.29) is 17.0 Å². The van der Waals surface area contributed by atoms with Gasteiger partial charge in [-0.15, -0.1) is 0 Å². The molecule has 5 aromatic carbocycles. The number of rotatable bonds is 10. The van der Waals surface area contributed by atoms with Gasteiger partial charge in [-0.1, -0.05) is 65.7 Å². The summed E-state index contributed by atoms with van der Waals surface area (Å²) in [7, 11) is 1.22. The van der Waals surface area contributed by atoms with Crippen molar-refractivity contribution in [3.8, 4) is 22.6 Å². The second-order valence-corrected chi connectivity index (χ2v) is 11.7. The van der Waals surface area contributed by atoms with Crippen LogP contribution in [0.15, 0.2) is 115 Å². The number of carbonyl (C=O) groups excluding carboxylic acids is 1. The van der Waals surface area contributed by atoms with Crippen molar-refractivity contribution in [3.05, 3.63) is 132 Å². The highest BCUT2D eigenvalue weighted by Gasteiger charge is 2.24. The van der Waals surface area contributed by atoms with Crippen molar-refractivity contribution >= 4 is 51.3 Å². The Morgan fingerprint density at radius 3 is 1.64 bits per heavy atom. The Bertz CT molecular complexity index is 1870. The Labute approximate surface area is 266 Å². The maximum absolute atomic E-state index is 12.9. The van der Waals surface area contributed by atoms with Gasteiger partial charge in [0.2, 0.25) is 0 Å². The van der Waals surface area contributed by atoms with E-state index in [1.807, 2.05) is 56.3 Å². The zero-order valence-electron chi connectivity index (χ0n) is 24.6. The van der Waals surface area contributed by atoms with Gasteiger partial charge in [0.15, 0.2) is 0 Å². The molecule has 0 saturated heterocycles. The number of aryl methyl sites for hydroxylation is 2. The second kappa shape index (κ2) is 13.9. The summed E-state index contributed by atoms with van der Waals surface area (Å²) in [4.78, 5) is 12.9. The fourth-order valence-electron chi connectivity index (χ4n) is 4.76. The third-order valence-electron chi connectivity index (χ3n) is 6.95. The topological polar surface area (TPSA) is 117 Å². The largest absolute Gasteiger partial charge is 0.465 e. The van der Waals surface area contributed by atoms with E-state index < -0.39 is 28.5 Å². The average Bonchev–Trinajstić information content (AvgIpc) is 3.04. The van der Waals surface area contributed by atoms with Gasteiger partial charge in [-0.25, -0.2) is 21.8 Å². The van der Waals surface area contributed by atoms with Crippen molar-refractivity contribution in [1.29, 1.82) is 0 Å². The number of methoxy groups -OCH3 is 1. The molecule has 0 fully saturated rings. The van der Waals surface area contributed by atoms with Gasteiger partial charge in [0, 0.05) is 5.56 Å². The first-order valence-electron chi connectivity index (χ1n) is 13.7. The van der Waals surface area contributed by atoms with Crippen LogP contribution in [0, 0.1) is 13.8 Å². The Morgan fingerprint density at radius 1 is 0.644 bits per heavy atom. The number of hydrogen-bond donors (Lipinski definition) is 2. The van der Waals surface area contributed by atoms with Crippen LogP contribution < -0.4 is 13.3 Å². The summed E-state index contributed by atoms with van der Waals surface area (Å²) in [5.41, 5.74) is 4.96. The molecule has 0 aliphatic heterocycles. The lowest BCUT2D eigenvalue weighted by atomic mass is 10.0. The van der Waals surface area contributed by atoms with E-state index in [4.69, 9.17) is 9.47 Å². The van der Waals surface area contributed by atoms with Crippen LogP contribution in [0.5, 0.6) is 11.5 Å². The van der Waals surface area contributed by atoms with Crippen LogP contribution in [0.3, 0.4) is 0 Å². The maximum atomic E-state index is 12.9. The minimum atomic E-state index is -2.50. The Hall–Kier alpha value is -4.81. The van der Waals surface area contributed by atoms with Gasteiger partial charge in [-0.3, -0.25) is 9.11 Å². The van der Waals surface area contributed by atoms with E-state index in [0.717, 1.165) is 21.0 Å². The lowest BCUT2D eigenvalue weighted by Gasteiger charge is -2.24. The number of nitrogens with zero attached hydrogens (tertiary/aromatic N) is 2. The van der Waals surface area contributed by atoms with Crippen LogP contribution in [-0.4, -0.2) is 30.6 Å². The van der Waals surface area contributed by atoms with Crippen molar-refractivity contribution in [3.63, 3.8) is 0 Å². The smallest absolute Gasteiger partial charge is 0.340 e. The second-order valence-electron chi connectivity index (χ2n) is 10.0. The fourth-order valence-corrected chi connectivity index (χ4v) is 6.02. The molecule has 0 bridgehead atoms. The number of esters is 1. The maximum Gasteiger partial charge on any atom is 0.340 e. The third-order valence-corrected chi connectivity index (χ3v) is 8.39. The van der Waals surface area contributed by atoms with Gasteiger partial charge in [0.25, 0.3) is 22.5 Å². The number of hydrogen-bond acceptors (Lipinski definition) is 5. The van der Waals surface area contributed by atoms with Gasteiger partial charge >= 0.3 is 5.97 Å². The first-order chi connectivity index (χ1) is 21.7. The molecule has 0 saturated carbocycles. The van der Waals surface area contributed by atoms with Crippen molar-refractivity contribution in [2.24, 2.45) is 0 Å². The normalized spacial score (nSPS) is 12.2. The van der Waals surface area contributed by atoms with Crippen molar-refractivity contribution in [2.75, 3.05) is 15.7 Å². The van der Waals surface area contributed by atoms with Crippen molar-refractivity contribution < 1.29 is 31.8 Å². The Kier molecular flexibility index (Phi) is 9.74. The number of anilines is 4. The molecule has 9 nitrogen and oxygen atoms in total. The van der Waals surface area contributed by atoms with Gasteiger partial charge < -0.3 is 9.47 Å². The predicted octanol–water partition coefficient (Wildman–Crippen LogP) is 8.10. The molecule has 5 rings (SSSR count).